The molecule has 0 aliphatic rings. The van der Waals surface area contributed by atoms with Gasteiger partial charge in [0.2, 0.25) is 0 Å². The highest BCUT2D eigenvalue weighted by Crippen LogP contribution is 2.12. The topological polar surface area (TPSA) is 65.2 Å². The number of hydrogen-bond donors (Lipinski definition) is 1. The summed E-state index contributed by atoms with van der Waals surface area (Å²) < 4.78 is 4.94. The predicted octanol–water partition coefficient (Wildman–Crippen LogP) is 1.42. The lowest BCUT2D eigenvalue weighted by Crippen LogP contribution is -2.17. The zero-order valence-corrected chi connectivity index (χ0v) is 8.85. The van der Waals surface area contributed by atoms with Crippen LogP contribution in [0.3, 0.4) is 0 Å². The van der Waals surface area contributed by atoms with E-state index in [1.165, 1.54) is 0 Å². The van der Waals surface area contributed by atoms with Gasteiger partial charge in [-0.25, -0.2) is 0 Å². The minimum absolute atomic E-state index is 0.200. The average molecular weight is 208 g/mol. The summed E-state index contributed by atoms with van der Waals surface area (Å²) in [5.41, 5.74) is 6.68. The fourth-order valence-electron chi connectivity index (χ4n) is 1.17. The van der Waals surface area contributed by atoms with Crippen LogP contribution in [0.15, 0.2) is 24.5 Å². The molecule has 15 heavy (non-hydrogen) atoms. The van der Waals surface area contributed by atoms with Crippen molar-refractivity contribution in [1.82, 2.24) is 4.98 Å². The predicted molar refractivity (Wildman–Crippen MR) is 57.0 cm³/mol. The minimum Gasteiger partial charge on any atom is -0.466 e. The van der Waals surface area contributed by atoms with Crippen LogP contribution in [0.5, 0.6) is 0 Å². The molecule has 1 aromatic rings. The van der Waals surface area contributed by atoms with Gasteiger partial charge in [0, 0.05) is 18.4 Å². The molecule has 0 saturated heterocycles. The number of carbonyl (C=O) groups excluding carboxylic acids is 1. The lowest BCUT2D eigenvalue weighted by molar-refractivity contribution is -0.144. The highest BCUT2D eigenvalue weighted by Gasteiger charge is 2.12. The van der Waals surface area contributed by atoms with Crippen molar-refractivity contribution < 1.29 is 9.53 Å². The third-order valence-corrected chi connectivity index (χ3v) is 1.97. The Morgan fingerprint density at radius 1 is 1.67 bits per heavy atom. The van der Waals surface area contributed by atoms with Crippen molar-refractivity contribution in [2.75, 3.05) is 6.61 Å². The van der Waals surface area contributed by atoms with E-state index < -0.39 is 0 Å². The van der Waals surface area contributed by atoms with E-state index in [1.54, 1.807) is 18.5 Å². The normalized spacial score (nSPS) is 12.1. The highest BCUT2D eigenvalue weighted by molar-refractivity contribution is 5.70. The largest absolute Gasteiger partial charge is 0.466 e. The van der Waals surface area contributed by atoms with Crippen LogP contribution < -0.4 is 5.73 Å². The number of nitrogens with zero attached hydrogens (tertiary/aromatic N) is 1. The Bertz CT molecular complexity index is 301. The van der Waals surface area contributed by atoms with Gasteiger partial charge in [0.05, 0.1) is 13.0 Å². The summed E-state index contributed by atoms with van der Waals surface area (Å²) in [5, 5.41) is 0. The molecule has 4 nitrogen and oxygen atoms in total. The maximum Gasteiger partial charge on any atom is 0.307 e. The highest BCUT2D eigenvalue weighted by atomic mass is 16.5. The number of nitrogens with two attached hydrogens (primary N) is 1. The third kappa shape index (κ3) is 4.08. The van der Waals surface area contributed by atoms with Gasteiger partial charge in [-0.05, 0) is 18.1 Å². The van der Waals surface area contributed by atoms with Crippen molar-refractivity contribution in [3.63, 3.8) is 0 Å². The number of rotatable bonds is 5. The SMILES string of the molecule is CCCOC(=O)CC(N)c1cccnc1. The standard InChI is InChI=1S/C11H16N2O2/c1-2-6-15-11(14)7-10(12)9-4-3-5-13-8-9/h3-5,8,10H,2,6-7,12H2,1H3. The molecule has 1 atom stereocenters. The molecule has 0 saturated carbocycles. The van der Waals surface area contributed by atoms with Gasteiger partial charge in [-0.3, -0.25) is 9.78 Å². The van der Waals surface area contributed by atoms with E-state index in [4.69, 9.17) is 10.5 Å². The second-order valence-electron chi connectivity index (χ2n) is 3.32. The minimum atomic E-state index is -0.331. The first-order valence-corrected chi connectivity index (χ1v) is 5.05. The van der Waals surface area contributed by atoms with Gasteiger partial charge >= 0.3 is 5.97 Å². The lowest BCUT2D eigenvalue weighted by Gasteiger charge is -2.10. The molecule has 1 unspecified atom stereocenters. The van der Waals surface area contributed by atoms with E-state index in [0.717, 1.165) is 12.0 Å². The summed E-state index contributed by atoms with van der Waals surface area (Å²) in [4.78, 5) is 15.2. The van der Waals surface area contributed by atoms with E-state index >= 15 is 0 Å². The molecular weight excluding hydrogens is 192 g/mol. The number of esters is 1. The van der Waals surface area contributed by atoms with E-state index in [1.807, 2.05) is 13.0 Å². The summed E-state index contributed by atoms with van der Waals surface area (Å²) in [5.74, 6) is -0.256. The Morgan fingerprint density at radius 3 is 3.07 bits per heavy atom. The molecule has 0 bridgehead atoms. The quantitative estimate of drug-likeness (QED) is 0.743. The van der Waals surface area contributed by atoms with E-state index in [0.29, 0.717) is 6.61 Å². The van der Waals surface area contributed by atoms with Crippen molar-refractivity contribution in [1.29, 1.82) is 0 Å². The molecular formula is C11H16N2O2. The smallest absolute Gasteiger partial charge is 0.307 e. The molecule has 1 heterocycles. The third-order valence-electron chi connectivity index (χ3n) is 1.97. The monoisotopic (exact) mass is 208 g/mol. The van der Waals surface area contributed by atoms with Crippen LogP contribution in [0.4, 0.5) is 0 Å². The molecule has 0 aliphatic carbocycles. The molecule has 2 N–H and O–H groups in total. The number of pyridine rings is 1. The van der Waals surface area contributed by atoms with Gasteiger partial charge in [-0.15, -0.1) is 0 Å². The summed E-state index contributed by atoms with van der Waals surface area (Å²) >= 11 is 0. The molecule has 1 aromatic heterocycles. The Balaban J connectivity index is 2.42. The lowest BCUT2D eigenvalue weighted by atomic mass is 10.1. The van der Waals surface area contributed by atoms with Crippen LogP contribution in [0.2, 0.25) is 0 Å². The summed E-state index contributed by atoms with van der Waals surface area (Å²) in [7, 11) is 0. The van der Waals surface area contributed by atoms with Crippen LogP contribution >= 0.6 is 0 Å². The van der Waals surface area contributed by atoms with Gasteiger partial charge in [0.25, 0.3) is 0 Å². The average Bonchev–Trinajstić information content (AvgIpc) is 2.27. The molecule has 1 rings (SSSR count). The van der Waals surface area contributed by atoms with E-state index in [-0.39, 0.29) is 18.4 Å². The van der Waals surface area contributed by atoms with Gasteiger partial charge < -0.3 is 10.5 Å². The van der Waals surface area contributed by atoms with Crippen molar-refractivity contribution in [3.05, 3.63) is 30.1 Å². The van der Waals surface area contributed by atoms with Crippen molar-refractivity contribution in [3.8, 4) is 0 Å². The van der Waals surface area contributed by atoms with Crippen LogP contribution in [0.25, 0.3) is 0 Å². The van der Waals surface area contributed by atoms with Crippen LogP contribution in [-0.4, -0.2) is 17.6 Å². The second kappa shape index (κ2) is 6.14. The Labute approximate surface area is 89.5 Å². The first kappa shape index (κ1) is 11.7. The zero-order valence-electron chi connectivity index (χ0n) is 8.85. The Kier molecular flexibility index (Phi) is 4.77. The maximum absolute atomic E-state index is 11.3. The summed E-state index contributed by atoms with van der Waals surface area (Å²) in [6.45, 7) is 2.41. The molecule has 0 radical (unpaired) electrons. The number of carbonyl (C=O) groups is 1. The van der Waals surface area contributed by atoms with E-state index in [9.17, 15) is 4.79 Å². The van der Waals surface area contributed by atoms with E-state index in [2.05, 4.69) is 4.98 Å². The molecule has 4 heteroatoms. The van der Waals surface area contributed by atoms with Gasteiger partial charge in [-0.1, -0.05) is 13.0 Å². The van der Waals surface area contributed by atoms with Gasteiger partial charge in [0.1, 0.15) is 0 Å². The van der Waals surface area contributed by atoms with Crippen LogP contribution in [0.1, 0.15) is 31.4 Å². The fourth-order valence-corrected chi connectivity index (χ4v) is 1.17. The molecule has 0 fully saturated rings. The molecule has 0 aromatic carbocycles. The van der Waals surface area contributed by atoms with Gasteiger partial charge in [0.15, 0.2) is 0 Å². The first-order chi connectivity index (χ1) is 7.24. The van der Waals surface area contributed by atoms with Crippen LogP contribution in [-0.2, 0) is 9.53 Å². The fraction of sp³-hybridized carbons (Fsp3) is 0.455. The van der Waals surface area contributed by atoms with Crippen molar-refractivity contribution in [2.45, 2.75) is 25.8 Å². The first-order valence-electron chi connectivity index (χ1n) is 5.05. The molecule has 0 spiro atoms. The zero-order chi connectivity index (χ0) is 11.1. The second-order valence-corrected chi connectivity index (χ2v) is 3.32. The Morgan fingerprint density at radius 2 is 2.47 bits per heavy atom. The number of ether oxygens (including phenoxy) is 1. The molecule has 0 aliphatic heterocycles. The number of hydrogen-bond acceptors (Lipinski definition) is 4. The van der Waals surface area contributed by atoms with Crippen molar-refractivity contribution >= 4 is 5.97 Å². The molecule has 82 valence electrons. The van der Waals surface area contributed by atoms with Gasteiger partial charge in [-0.2, -0.15) is 0 Å². The number of aromatic nitrogens is 1. The van der Waals surface area contributed by atoms with Crippen LogP contribution in [0, 0.1) is 0 Å². The van der Waals surface area contributed by atoms with Crippen molar-refractivity contribution in [2.24, 2.45) is 5.73 Å². The maximum atomic E-state index is 11.3. The molecule has 0 amide bonds. The summed E-state index contributed by atoms with van der Waals surface area (Å²) in [6.07, 6.45) is 4.36. The summed E-state index contributed by atoms with van der Waals surface area (Å²) in [6, 6.07) is 3.32. The Hall–Kier alpha value is -1.42.